The van der Waals surface area contributed by atoms with Crippen molar-refractivity contribution in [3.05, 3.63) is 52.8 Å². The number of halogens is 4. The highest BCUT2D eigenvalue weighted by atomic mass is 35.5. The first kappa shape index (κ1) is 17.0. The van der Waals surface area contributed by atoms with Crippen LogP contribution < -0.4 is 10.2 Å². The molecule has 0 saturated heterocycles. The normalized spacial score (nSPS) is 12.2. The van der Waals surface area contributed by atoms with Gasteiger partial charge in [-0.3, -0.25) is 4.79 Å². The average molecular weight is 371 g/mol. The van der Waals surface area contributed by atoms with Gasteiger partial charge in [-0.05, 0) is 42.5 Å². The van der Waals surface area contributed by atoms with Crippen molar-refractivity contribution in [2.75, 3.05) is 5.32 Å². The predicted molar refractivity (Wildman–Crippen MR) is 83.5 cm³/mol. The number of nitrogens with zero attached hydrogens (tertiary/aromatic N) is 3. The summed E-state index contributed by atoms with van der Waals surface area (Å²) in [6, 6.07) is 6.38. The molecule has 3 rings (SSSR count). The fraction of sp³-hybridized carbons (Fsp3) is 0.133. The zero-order valence-electron chi connectivity index (χ0n) is 12.6. The van der Waals surface area contributed by atoms with Gasteiger partial charge in [0.05, 0.1) is 5.69 Å². The van der Waals surface area contributed by atoms with E-state index >= 15 is 0 Å². The molecule has 1 aromatic heterocycles. The Bertz CT molecular complexity index is 963. The summed E-state index contributed by atoms with van der Waals surface area (Å²) >= 11 is 5.89. The van der Waals surface area contributed by atoms with Gasteiger partial charge in [0.2, 0.25) is 6.10 Å². The predicted octanol–water partition coefficient (Wildman–Crippen LogP) is 2.96. The van der Waals surface area contributed by atoms with Crippen LogP contribution in [0.25, 0.3) is 11.0 Å². The summed E-state index contributed by atoms with van der Waals surface area (Å²) < 4.78 is 39.7. The van der Waals surface area contributed by atoms with Crippen molar-refractivity contribution < 1.29 is 22.8 Å². The van der Waals surface area contributed by atoms with Gasteiger partial charge in [0.1, 0.15) is 11.0 Å². The van der Waals surface area contributed by atoms with Gasteiger partial charge in [-0.25, -0.2) is 13.2 Å². The third-order valence-corrected chi connectivity index (χ3v) is 3.53. The molecule has 1 amide bonds. The lowest BCUT2D eigenvalue weighted by molar-refractivity contribution is -0.127. The third-order valence-electron chi connectivity index (χ3n) is 3.30. The lowest BCUT2D eigenvalue weighted by atomic mass is 10.2. The Hall–Kier alpha value is -2.81. The number of hydrogen-bond donors (Lipinski definition) is 1. The van der Waals surface area contributed by atoms with Crippen LogP contribution in [0.1, 0.15) is 6.92 Å². The quantitative estimate of drug-likeness (QED) is 0.717. The first-order chi connectivity index (χ1) is 11.9. The average Bonchev–Trinajstić information content (AvgIpc) is 2.97. The summed E-state index contributed by atoms with van der Waals surface area (Å²) in [5.74, 6) is -5.33. The van der Waals surface area contributed by atoms with Crippen molar-refractivity contribution in [3.63, 3.8) is 0 Å². The molecule has 0 aliphatic heterocycles. The molecule has 2 aromatic carbocycles. The van der Waals surface area contributed by atoms with Crippen LogP contribution in [0.5, 0.6) is 0 Å². The number of aromatic nitrogens is 3. The van der Waals surface area contributed by atoms with Crippen molar-refractivity contribution >= 4 is 34.2 Å². The van der Waals surface area contributed by atoms with Gasteiger partial charge in [0.25, 0.3) is 5.91 Å². The third kappa shape index (κ3) is 3.36. The van der Waals surface area contributed by atoms with E-state index in [4.69, 9.17) is 16.4 Å². The van der Waals surface area contributed by atoms with Crippen molar-refractivity contribution in [3.8, 4) is 0 Å². The smallest absolute Gasteiger partial charge is 0.268 e. The largest absolute Gasteiger partial charge is 0.382 e. The SMILES string of the molecule is C[C@@H](On1nnc2ccc(Cl)cc21)C(=O)Nc1ccc(F)c(F)c1F. The monoisotopic (exact) mass is 370 g/mol. The first-order valence-electron chi connectivity index (χ1n) is 6.99. The molecule has 1 N–H and O–H groups in total. The molecule has 1 atom stereocenters. The molecule has 25 heavy (non-hydrogen) atoms. The van der Waals surface area contributed by atoms with E-state index in [0.717, 1.165) is 10.9 Å². The fourth-order valence-electron chi connectivity index (χ4n) is 2.00. The van der Waals surface area contributed by atoms with Crippen molar-refractivity contribution in [1.29, 1.82) is 0 Å². The van der Waals surface area contributed by atoms with Gasteiger partial charge < -0.3 is 10.2 Å². The van der Waals surface area contributed by atoms with Crippen molar-refractivity contribution in [2.45, 2.75) is 13.0 Å². The van der Waals surface area contributed by atoms with Crippen molar-refractivity contribution in [2.24, 2.45) is 0 Å². The van der Waals surface area contributed by atoms with Gasteiger partial charge in [0, 0.05) is 5.02 Å². The van der Waals surface area contributed by atoms with E-state index in [1.807, 2.05) is 0 Å². The number of rotatable bonds is 4. The Balaban J connectivity index is 1.76. The zero-order valence-corrected chi connectivity index (χ0v) is 13.4. The molecule has 0 aliphatic rings. The molecule has 0 radical (unpaired) electrons. The fourth-order valence-corrected chi connectivity index (χ4v) is 2.17. The van der Waals surface area contributed by atoms with Crippen molar-refractivity contribution in [1.82, 2.24) is 15.2 Å². The molecule has 6 nitrogen and oxygen atoms in total. The number of carbonyl (C=O) groups excluding carboxylic acids is 1. The van der Waals surface area contributed by atoms with Crippen LogP contribution >= 0.6 is 11.6 Å². The summed E-state index contributed by atoms with van der Waals surface area (Å²) in [5, 5.41) is 10.1. The Morgan fingerprint density at radius 2 is 2.00 bits per heavy atom. The minimum absolute atomic E-state index is 0.417. The van der Waals surface area contributed by atoms with E-state index in [0.29, 0.717) is 22.1 Å². The molecule has 10 heteroatoms. The van der Waals surface area contributed by atoms with Gasteiger partial charge >= 0.3 is 0 Å². The molecule has 0 bridgehead atoms. The zero-order chi connectivity index (χ0) is 18.1. The second-order valence-corrected chi connectivity index (χ2v) is 5.49. The van der Waals surface area contributed by atoms with Crippen LogP contribution in [-0.4, -0.2) is 27.2 Å². The van der Waals surface area contributed by atoms with E-state index in [-0.39, 0.29) is 0 Å². The second-order valence-electron chi connectivity index (χ2n) is 5.06. The maximum Gasteiger partial charge on any atom is 0.268 e. The van der Waals surface area contributed by atoms with Gasteiger partial charge in [-0.15, -0.1) is 5.10 Å². The number of hydrogen-bond acceptors (Lipinski definition) is 4. The summed E-state index contributed by atoms with van der Waals surface area (Å²) in [5.41, 5.74) is 0.403. The topological polar surface area (TPSA) is 69.0 Å². The number of fused-ring (bicyclic) bond motifs is 1. The number of benzene rings is 2. The molecule has 130 valence electrons. The molecular formula is C15H10ClF3N4O2. The van der Waals surface area contributed by atoms with E-state index in [2.05, 4.69) is 15.6 Å². The van der Waals surface area contributed by atoms with Crippen LogP contribution in [0, 0.1) is 17.5 Å². The molecule has 1 heterocycles. The summed E-state index contributed by atoms with van der Waals surface area (Å²) in [6.07, 6.45) is -1.14. The highest BCUT2D eigenvalue weighted by Gasteiger charge is 2.21. The molecular weight excluding hydrogens is 361 g/mol. The highest BCUT2D eigenvalue weighted by molar-refractivity contribution is 6.31. The van der Waals surface area contributed by atoms with Crippen LogP contribution in [-0.2, 0) is 4.79 Å². The maximum absolute atomic E-state index is 13.6. The van der Waals surface area contributed by atoms with Crippen LogP contribution in [0.4, 0.5) is 18.9 Å². The molecule has 0 saturated carbocycles. The van der Waals surface area contributed by atoms with E-state index in [1.165, 1.54) is 13.0 Å². The van der Waals surface area contributed by atoms with E-state index < -0.39 is 35.2 Å². The lowest BCUT2D eigenvalue weighted by Gasteiger charge is -2.14. The van der Waals surface area contributed by atoms with E-state index in [1.54, 1.807) is 12.1 Å². The standard InChI is InChI=1S/C15H10ClF3N4O2/c1-7(15(24)20-11-5-3-9(17)13(18)14(11)19)25-23-12-6-8(16)2-4-10(12)21-22-23/h2-7H,1H3,(H,20,24)/t7-/m1/s1. The summed E-state index contributed by atoms with van der Waals surface area (Å²) in [6.45, 7) is 1.37. The maximum atomic E-state index is 13.6. The first-order valence-corrected chi connectivity index (χ1v) is 7.37. The van der Waals surface area contributed by atoms with Crippen LogP contribution in [0.3, 0.4) is 0 Å². The van der Waals surface area contributed by atoms with Gasteiger partial charge in [0.15, 0.2) is 17.5 Å². The Morgan fingerprint density at radius 1 is 1.24 bits per heavy atom. The van der Waals surface area contributed by atoms with Crippen LogP contribution in [0.15, 0.2) is 30.3 Å². The minimum Gasteiger partial charge on any atom is -0.382 e. The molecule has 0 spiro atoms. The Labute approximate surface area is 144 Å². The van der Waals surface area contributed by atoms with Gasteiger partial charge in [-0.1, -0.05) is 16.4 Å². The Morgan fingerprint density at radius 3 is 2.76 bits per heavy atom. The summed E-state index contributed by atoms with van der Waals surface area (Å²) in [7, 11) is 0. The molecule has 3 aromatic rings. The second kappa shape index (κ2) is 6.60. The number of amides is 1. The van der Waals surface area contributed by atoms with Crippen LogP contribution in [0.2, 0.25) is 5.02 Å². The minimum atomic E-state index is -1.68. The highest BCUT2D eigenvalue weighted by Crippen LogP contribution is 2.20. The number of nitrogens with one attached hydrogen (secondary N) is 1. The number of carbonyl (C=O) groups is 1. The Kier molecular flexibility index (Phi) is 4.49. The molecule has 0 unspecified atom stereocenters. The number of anilines is 1. The molecule has 0 fully saturated rings. The molecule has 0 aliphatic carbocycles. The summed E-state index contributed by atoms with van der Waals surface area (Å²) in [4.78, 5) is 18.4. The van der Waals surface area contributed by atoms with Gasteiger partial charge in [-0.2, -0.15) is 0 Å². The lowest BCUT2D eigenvalue weighted by Crippen LogP contribution is -2.35. The van der Waals surface area contributed by atoms with E-state index in [9.17, 15) is 18.0 Å².